The van der Waals surface area contributed by atoms with Crippen LogP contribution in [0.25, 0.3) is 0 Å². The van der Waals surface area contributed by atoms with Crippen LogP contribution in [0.5, 0.6) is 0 Å². The van der Waals surface area contributed by atoms with E-state index in [0.29, 0.717) is 0 Å². The molecule has 0 aromatic heterocycles. The molecule has 1 saturated heterocycles. The third-order valence-corrected chi connectivity index (χ3v) is 3.62. The second-order valence-electron chi connectivity index (χ2n) is 4.85. The minimum Gasteiger partial charge on any atom is -0.369 e. The highest BCUT2D eigenvalue weighted by Crippen LogP contribution is 2.17. The molecule has 1 aliphatic rings. The van der Waals surface area contributed by atoms with Crippen LogP contribution in [0.1, 0.15) is 39.7 Å². The van der Waals surface area contributed by atoms with Gasteiger partial charge in [-0.05, 0) is 37.1 Å². The molecule has 0 atom stereocenters. The Morgan fingerprint density at radius 1 is 0.895 bits per heavy atom. The summed E-state index contributed by atoms with van der Waals surface area (Å²) >= 11 is 0. The van der Waals surface area contributed by atoms with Crippen molar-refractivity contribution in [3.8, 4) is 0 Å². The number of nitrogens with zero attached hydrogens (tertiary/aromatic N) is 2. The van der Waals surface area contributed by atoms with E-state index in [-0.39, 0.29) is 0 Å². The Hall–Kier alpha value is -1.02. The predicted molar refractivity (Wildman–Crippen MR) is 86.1 cm³/mol. The van der Waals surface area contributed by atoms with Gasteiger partial charge in [0.05, 0.1) is 0 Å². The molecular formula is C17H30N2. The SMILES string of the molecule is CC.CCCN1CCN(c2ccc(CC)cc2)CC1. The third-order valence-electron chi connectivity index (χ3n) is 3.62. The summed E-state index contributed by atoms with van der Waals surface area (Å²) in [6.45, 7) is 14.5. The van der Waals surface area contributed by atoms with Crippen molar-refractivity contribution < 1.29 is 0 Å². The van der Waals surface area contributed by atoms with E-state index in [2.05, 4.69) is 47.9 Å². The van der Waals surface area contributed by atoms with Crippen LogP contribution in [0.4, 0.5) is 5.69 Å². The molecule has 0 spiro atoms. The lowest BCUT2D eigenvalue weighted by atomic mass is 10.1. The van der Waals surface area contributed by atoms with Crippen LogP contribution in [-0.2, 0) is 6.42 Å². The highest BCUT2D eigenvalue weighted by atomic mass is 15.3. The van der Waals surface area contributed by atoms with Gasteiger partial charge in [0, 0.05) is 31.9 Å². The summed E-state index contributed by atoms with van der Waals surface area (Å²) in [5.74, 6) is 0. The van der Waals surface area contributed by atoms with Gasteiger partial charge in [0.1, 0.15) is 0 Å². The van der Waals surface area contributed by atoms with Crippen LogP contribution in [0.2, 0.25) is 0 Å². The van der Waals surface area contributed by atoms with Gasteiger partial charge in [-0.1, -0.05) is 39.8 Å². The number of rotatable bonds is 4. The summed E-state index contributed by atoms with van der Waals surface area (Å²) in [6.07, 6.45) is 2.40. The Kier molecular flexibility index (Phi) is 7.57. The molecular weight excluding hydrogens is 232 g/mol. The van der Waals surface area contributed by atoms with E-state index in [0.717, 1.165) is 6.42 Å². The molecule has 19 heavy (non-hydrogen) atoms. The number of benzene rings is 1. The second-order valence-corrected chi connectivity index (χ2v) is 4.85. The van der Waals surface area contributed by atoms with Crippen LogP contribution < -0.4 is 4.90 Å². The van der Waals surface area contributed by atoms with Gasteiger partial charge in [0.25, 0.3) is 0 Å². The van der Waals surface area contributed by atoms with Gasteiger partial charge in [-0.2, -0.15) is 0 Å². The standard InChI is InChI=1S/C15H24N2.C2H6/c1-3-9-16-10-12-17(13-11-16)15-7-5-14(4-2)6-8-15;1-2/h5-8H,3-4,9-13H2,1-2H3;1-2H3. The number of aryl methyl sites for hydroxylation is 1. The molecule has 1 aromatic rings. The zero-order chi connectivity index (χ0) is 14.1. The van der Waals surface area contributed by atoms with Crippen LogP contribution in [0.3, 0.4) is 0 Å². The van der Waals surface area contributed by atoms with Gasteiger partial charge in [0.15, 0.2) is 0 Å². The third kappa shape index (κ3) is 4.87. The summed E-state index contributed by atoms with van der Waals surface area (Å²) in [7, 11) is 0. The normalized spacial score (nSPS) is 15.9. The van der Waals surface area contributed by atoms with Gasteiger partial charge >= 0.3 is 0 Å². The highest BCUT2D eigenvalue weighted by Gasteiger charge is 2.15. The first-order chi connectivity index (χ1) is 9.33. The summed E-state index contributed by atoms with van der Waals surface area (Å²) in [4.78, 5) is 5.07. The van der Waals surface area contributed by atoms with E-state index in [9.17, 15) is 0 Å². The van der Waals surface area contributed by atoms with E-state index in [1.165, 1.54) is 50.4 Å². The van der Waals surface area contributed by atoms with Crippen molar-refractivity contribution in [3.63, 3.8) is 0 Å². The van der Waals surface area contributed by atoms with E-state index in [1.807, 2.05) is 13.8 Å². The van der Waals surface area contributed by atoms with Gasteiger partial charge in [-0.25, -0.2) is 0 Å². The molecule has 2 nitrogen and oxygen atoms in total. The number of piperazine rings is 1. The quantitative estimate of drug-likeness (QED) is 0.814. The molecule has 2 heteroatoms. The molecule has 1 heterocycles. The Morgan fingerprint density at radius 2 is 1.47 bits per heavy atom. The predicted octanol–water partition coefficient (Wildman–Crippen LogP) is 3.81. The minimum atomic E-state index is 1.13. The van der Waals surface area contributed by atoms with Gasteiger partial charge in [-0.15, -0.1) is 0 Å². The first kappa shape index (κ1) is 16.0. The van der Waals surface area contributed by atoms with Crippen LogP contribution in [0, 0.1) is 0 Å². The fourth-order valence-corrected chi connectivity index (χ4v) is 2.49. The van der Waals surface area contributed by atoms with E-state index in [4.69, 9.17) is 0 Å². The van der Waals surface area contributed by atoms with E-state index < -0.39 is 0 Å². The van der Waals surface area contributed by atoms with Crippen molar-refractivity contribution in [2.75, 3.05) is 37.6 Å². The lowest BCUT2D eigenvalue weighted by Crippen LogP contribution is -2.46. The lowest BCUT2D eigenvalue weighted by molar-refractivity contribution is 0.258. The maximum atomic E-state index is 2.57. The Balaban J connectivity index is 0.000000861. The van der Waals surface area contributed by atoms with Crippen LogP contribution in [0.15, 0.2) is 24.3 Å². The molecule has 0 unspecified atom stereocenters. The van der Waals surface area contributed by atoms with Crippen molar-refractivity contribution in [2.45, 2.75) is 40.5 Å². The van der Waals surface area contributed by atoms with Gasteiger partial charge < -0.3 is 4.90 Å². The first-order valence-electron chi connectivity index (χ1n) is 7.89. The summed E-state index contributed by atoms with van der Waals surface area (Å²) in [6, 6.07) is 9.06. The zero-order valence-corrected chi connectivity index (χ0v) is 13.2. The van der Waals surface area contributed by atoms with Crippen LogP contribution >= 0.6 is 0 Å². The Labute approximate surface area is 119 Å². The van der Waals surface area contributed by atoms with E-state index >= 15 is 0 Å². The Bertz CT molecular complexity index is 324. The number of hydrogen-bond donors (Lipinski definition) is 0. The number of anilines is 1. The zero-order valence-electron chi connectivity index (χ0n) is 13.2. The molecule has 0 N–H and O–H groups in total. The van der Waals surface area contributed by atoms with Crippen molar-refractivity contribution in [1.29, 1.82) is 0 Å². The van der Waals surface area contributed by atoms with Crippen molar-refractivity contribution >= 4 is 5.69 Å². The molecule has 1 aromatic carbocycles. The molecule has 0 amide bonds. The smallest absolute Gasteiger partial charge is 0.0367 e. The molecule has 1 aliphatic heterocycles. The van der Waals surface area contributed by atoms with Gasteiger partial charge in [-0.3, -0.25) is 4.90 Å². The van der Waals surface area contributed by atoms with Crippen molar-refractivity contribution in [3.05, 3.63) is 29.8 Å². The lowest BCUT2D eigenvalue weighted by Gasteiger charge is -2.36. The minimum absolute atomic E-state index is 1.13. The fourth-order valence-electron chi connectivity index (χ4n) is 2.49. The maximum absolute atomic E-state index is 2.57. The molecule has 0 radical (unpaired) electrons. The maximum Gasteiger partial charge on any atom is 0.0367 e. The average Bonchev–Trinajstić information content (AvgIpc) is 2.51. The molecule has 108 valence electrons. The molecule has 2 rings (SSSR count). The first-order valence-corrected chi connectivity index (χ1v) is 7.89. The molecule has 0 bridgehead atoms. The van der Waals surface area contributed by atoms with E-state index in [1.54, 1.807) is 0 Å². The second kappa shape index (κ2) is 8.98. The monoisotopic (exact) mass is 262 g/mol. The molecule has 0 aliphatic carbocycles. The Morgan fingerprint density at radius 3 is 1.95 bits per heavy atom. The largest absolute Gasteiger partial charge is 0.369 e. The highest BCUT2D eigenvalue weighted by molar-refractivity contribution is 5.48. The summed E-state index contributed by atoms with van der Waals surface area (Å²) in [5.41, 5.74) is 2.82. The molecule has 1 fully saturated rings. The summed E-state index contributed by atoms with van der Waals surface area (Å²) < 4.78 is 0. The number of hydrogen-bond acceptors (Lipinski definition) is 2. The van der Waals surface area contributed by atoms with Crippen molar-refractivity contribution in [2.24, 2.45) is 0 Å². The fraction of sp³-hybridized carbons (Fsp3) is 0.647. The topological polar surface area (TPSA) is 6.48 Å². The van der Waals surface area contributed by atoms with Crippen molar-refractivity contribution in [1.82, 2.24) is 4.90 Å². The average molecular weight is 262 g/mol. The molecule has 0 saturated carbocycles. The van der Waals surface area contributed by atoms with Gasteiger partial charge in [0.2, 0.25) is 0 Å². The summed E-state index contributed by atoms with van der Waals surface area (Å²) in [5, 5.41) is 0. The van der Waals surface area contributed by atoms with Crippen LogP contribution in [-0.4, -0.2) is 37.6 Å².